The van der Waals surface area contributed by atoms with E-state index in [1.807, 2.05) is 48.5 Å². The van der Waals surface area contributed by atoms with E-state index in [2.05, 4.69) is 29.3 Å². The van der Waals surface area contributed by atoms with Gasteiger partial charge < -0.3 is 9.64 Å². The molecule has 0 heterocycles. The molecule has 0 spiro atoms. The van der Waals surface area contributed by atoms with Gasteiger partial charge >= 0.3 is 0 Å². The number of nitrogens with zero attached hydrogens (tertiary/aromatic N) is 2. The highest BCUT2D eigenvalue weighted by atomic mass is 35.5. The molecule has 1 N–H and O–H groups in total. The van der Waals surface area contributed by atoms with Gasteiger partial charge in [0.05, 0.1) is 11.2 Å². The van der Waals surface area contributed by atoms with Crippen LogP contribution in [0.25, 0.3) is 0 Å². The van der Waals surface area contributed by atoms with E-state index < -0.39 is 5.82 Å². The van der Waals surface area contributed by atoms with E-state index >= 15 is 0 Å². The van der Waals surface area contributed by atoms with Crippen molar-refractivity contribution in [2.45, 2.75) is 33.3 Å². The van der Waals surface area contributed by atoms with Gasteiger partial charge in [0.1, 0.15) is 18.2 Å². The molecule has 0 fully saturated rings. The predicted octanol–water partition coefficient (Wildman–Crippen LogP) is 5.99. The molecule has 0 aliphatic heterocycles. The number of amides is 1. The summed E-state index contributed by atoms with van der Waals surface area (Å²) in [5.74, 6) is -0.0835. The van der Waals surface area contributed by atoms with Gasteiger partial charge in [0, 0.05) is 42.4 Å². The number of hydrogen-bond donors (Lipinski definition) is 1. The second kappa shape index (κ2) is 12.8. The van der Waals surface area contributed by atoms with Gasteiger partial charge in [0.15, 0.2) is 0 Å². The van der Waals surface area contributed by atoms with Crippen LogP contribution in [0.4, 0.5) is 10.1 Å². The zero-order valence-electron chi connectivity index (χ0n) is 19.4. The highest BCUT2D eigenvalue weighted by Gasteiger charge is 2.12. The Morgan fingerprint density at radius 3 is 2.56 bits per heavy atom. The lowest BCUT2D eigenvalue weighted by Gasteiger charge is -2.22. The van der Waals surface area contributed by atoms with Crippen molar-refractivity contribution in [3.63, 3.8) is 0 Å². The molecule has 3 aromatic rings. The normalized spacial score (nSPS) is 10.9. The van der Waals surface area contributed by atoms with Crippen LogP contribution in [-0.4, -0.2) is 25.2 Å². The largest absolute Gasteiger partial charge is 0.488 e. The Kier molecular flexibility index (Phi) is 9.47. The molecular weight excluding hydrogens is 453 g/mol. The van der Waals surface area contributed by atoms with Gasteiger partial charge in [-0.15, -0.1) is 0 Å². The monoisotopic (exact) mass is 481 g/mol. The number of rotatable bonds is 11. The molecule has 0 saturated heterocycles. The molecule has 3 aromatic carbocycles. The van der Waals surface area contributed by atoms with Crippen molar-refractivity contribution in [1.29, 1.82) is 0 Å². The quantitative estimate of drug-likeness (QED) is 0.270. The van der Waals surface area contributed by atoms with Crippen molar-refractivity contribution >= 4 is 29.4 Å². The molecule has 0 saturated carbocycles. The Labute approximate surface area is 205 Å². The van der Waals surface area contributed by atoms with Gasteiger partial charge in [-0.2, -0.15) is 5.10 Å². The lowest BCUT2D eigenvalue weighted by atomic mass is 10.1. The zero-order valence-corrected chi connectivity index (χ0v) is 20.2. The number of halogens is 2. The lowest BCUT2D eigenvalue weighted by Crippen LogP contribution is -2.22. The minimum Gasteiger partial charge on any atom is -0.488 e. The van der Waals surface area contributed by atoms with Crippen LogP contribution in [0.2, 0.25) is 5.02 Å². The number of carbonyl (C=O) groups is 1. The molecule has 34 heavy (non-hydrogen) atoms. The van der Waals surface area contributed by atoms with E-state index in [4.69, 9.17) is 16.3 Å². The minimum atomic E-state index is -0.423. The van der Waals surface area contributed by atoms with Gasteiger partial charge in [0.25, 0.3) is 0 Å². The summed E-state index contributed by atoms with van der Waals surface area (Å²) in [7, 11) is 0. The average Bonchev–Trinajstić information content (AvgIpc) is 2.85. The number of ether oxygens (including phenoxy) is 1. The Balaban J connectivity index is 1.72. The van der Waals surface area contributed by atoms with Crippen molar-refractivity contribution in [2.75, 3.05) is 18.0 Å². The van der Waals surface area contributed by atoms with E-state index in [1.165, 1.54) is 12.3 Å². The highest BCUT2D eigenvalue weighted by Crippen LogP contribution is 2.27. The number of hydrazone groups is 1. The van der Waals surface area contributed by atoms with E-state index in [9.17, 15) is 9.18 Å². The molecule has 0 unspecified atom stereocenters. The van der Waals surface area contributed by atoms with Crippen LogP contribution in [0, 0.1) is 5.82 Å². The molecule has 0 aromatic heterocycles. The molecule has 0 radical (unpaired) electrons. The molecule has 0 atom stereocenters. The Bertz CT molecular complexity index is 1100. The Hall–Kier alpha value is -3.38. The summed E-state index contributed by atoms with van der Waals surface area (Å²) in [6.07, 6.45) is 2.50. The molecule has 7 heteroatoms. The molecule has 178 valence electrons. The molecule has 0 aliphatic rings. The first kappa shape index (κ1) is 25.2. The predicted molar refractivity (Wildman–Crippen MR) is 136 cm³/mol. The SMILES string of the molecule is CCN(CC)c1ccc(C=NNC(=O)CCc2ccccc2)c(OCc2c(F)cccc2Cl)c1. The summed E-state index contributed by atoms with van der Waals surface area (Å²) < 4.78 is 20.2. The summed E-state index contributed by atoms with van der Waals surface area (Å²) in [4.78, 5) is 14.4. The third kappa shape index (κ3) is 7.06. The van der Waals surface area contributed by atoms with Crippen LogP contribution in [0.3, 0.4) is 0 Å². The maximum Gasteiger partial charge on any atom is 0.240 e. The van der Waals surface area contributed by atoms with E-state index in [0.717, 1.165) is 24.3 Å². The molecule has 5 nitrogen and oxygen atoms in total. The third-order valence-electron chi connectivity index (χ3n) is 5.44. The van der Waals surface area contributed by atoms with Crippen molar-refractivity contribution < 1.29 is 13.9 Å². The van der Waals surface area contributed by atoms with E-state index in [0.29, 0.717) is 29.2 Å². The van der Waals surface area contributed by atoms with Crippen LogP contribution in [-0.2, 0) is 17.8 Å². The van der Waals surface area contributed by atoms with Crippen molar-refractivity contribution in [3.05, 3.63) is 94.3 Å². The lowest BCUT2D eigenvalue weighted by molar-refractivity contribution is -0.121. The first-order chi connectivity index (χ1) is 16.5. The summed E-state index contributed by atoms with van der Waals surface area (Å²) in [5.41, 5.74) is 5.58. The number of anilines is 1. The van der Waals surface area contributed by atoms with Crippen LogP contribution >= 0.6 is 11.6 Å². The van der Waals surface area contributed by atoms with Gasteiger partial charge in [-0.05, 0) is 50.1 Å². The van der Waals surface area contributed by atoms with Crippen LogP contribution in [0.5, 0.6) is 5.75 Å². The minimum absolute atomic E-state index is 0.0303. The van der Waals surface area contributed by atoms with Gasteiger partial charge in [-0.3, -0.25) is 4.79 Å². The second-order valence-corrected chi connectivity index (χ2v) is 8.07. The summed E-state index contributed by atoms with van der Waals surface area (Å²) in [5, 5.41) is 4.41. The Morgan fingerprint density at radius 2 is 1.85 bits per heavy atom. The van der Waals surface area contributed by atoms with Gasteiger partial charge in [-0.25, -0.2) is 9.82 Å². The van der Waals surface area contributed by atoms with E-state index in [1.54, 1.807) is 12.1 Å². The first-order valence-electron chi connectivity index (χ1n) is 11.3. The number of carbonyl (C=O) groups excluding carboxylic acids is 1. The molecule has 1 amide bonds. The Morgan fingerprint density at radius 1 is 1.09 bits per heavy atom. The topological polar surface area (TPSA) is 53.9 Å². The van der Waals surface area contributed by atoms with E-state index in [-0.39, 0.29) is 18.1 Å². The zero-order chi connectivity index (χ0) is 24.3. The molecule has 0 aliphatic carbocycles. The maximum atomic E-state index is 14.2. The average molecular weight is 482 g/mol. The molecular formula is C27H29ClFN3O2. The second-order valence-electron chi connectivity index (χ2n) is 7.66. The molecule has 3 rings (SSSR count). The van der Waals surface area contributed by atoms with Crippen molar-refractivity contribution in [3.8, 4) is 5.75 Å². The summed E-state index contributed by atoms with van der Waals surface area (Å²) in [6, 6.07) is 20.1. The highest BCUT2D eigenvalue weighted by molar-refractivity contribution is 6.31. The fourth-order valence-electron chi connectivity index (χ4n) is 3.49. The van der Waals surface area contributed by atoms with Crippen LogP contribution < -0.4 is 15.1 Å². The number of hydrogen-bond acceptors (Lipinski definition) is 4. The van der Waals surface area contributed by atoms with Gasteiger partial charge in [0.2, 0.25) is 5.91 Å². The fraction of sp³-hybridized carbons (Fsp3) is 0.259. The first-order valence-corrected chi connectivity index (χ1v) is 11.7. The number of nitrogens with one attached hydrogen (secondary N) is 1. The van der Waals surface area contributed by atoms with Crippen molar-refractivity contribution in [2.24, 2.45) is 5.10 Å². The summed E-state index contributed by atoms with van der Waals surface area (Å²) >= 11 is 6.15. The standard InChI is InChI=1S/C27H29ClFN3O2/c1-3-32(4-2)22-15-14-21(18-30-31-27(33)16-13-20-9-6-5-7-10-20)26(17-22)34-19-23-24(28)11-8-12-25(23)29/h5-12,14-15,17-18H,3-4,13,16,19H2,1-2H3,(H,31,33). The fourth-order valence-corrected chi connectivity index (χ4v) is 3.71. The van der Waals surface area contributed by atoms with Crippen LogP contribution in [0.1, 0.15) is 37.0 Å². The summed E-state index contributed by atoms with van der Waals surface area (Å²) in [6.45, 7) is 5.78. The number of aryl methyl sites for hydroxylation is 1. The van der Waals surface area contributed by atoms with Gasteiger partial charge in [-0.1, -0.05) is 48.0 Å². The van der Waals surface area contributed by atoms with Crippen molar-refractivity contribution in [1.82, 2.24) is 5.43 Å². The van der Waals surface area contributed by atoms with Crippen LogP contribution in [0.15, 0.2) is 71.8 Å². The third-order valence-corrected chi connectivity index (χ3v) is 5.79. The smallest absolute Gasteiger partial charge is 0.240 e. The maximum absolute atomic E-state index is 14.2. The number of benzene rings is 3. The molecule has 0 bridgehead atoms.